The molecule has 0 aliphatic rings. The van der Waals surface area contributed by atoms with E-state index >= 15 is 0 Å². The number of nitrogens with one attached hydrogen (secondary N) is 1. The lowest BCUT2D eigenvalue weighted by molar-refractivity contribution is -0.117. The zero-order valence-electron chi connectivity index (χ0n) is 16.3. The Balaban J connectivity index is 2.08. The van der Waals surface area contributed by atoms with Crippen molar-refractivity contribution >= 4 is 23.2 Å². The molecule has 0 saturated carbocycles. The second-order valence-corrected chi connectivity index (χ2v) is 7.00. The Morgan fingerprint density at radius 2 is 1.69 bits per heavy atom. The van der Waals surface area contributed by atoms with Gasteiger partial charge in [0, 0.05) is 31.3 Å². The van der Waals surface area contributed by atoms with Crippen LogP contribution >= 0.6 is 0 Å². The molecular formula is C22H28N2O2. The molecule has 0 radical (unpaired) electrons. The van der Waals surface area contributed by atoms with Crippen molar-refractivity contribution in [3.05, 3.63) is 59.2 Å². The minimum Gasteiger partial charge on any atom is -0.326 e. The molecule has 26 heavy (non-hydrogen) atoms. The largest absolute Gasteiger partial charge is 0.326 e. The highest BCUT2D eigenvalue weighted by Crippen LogP contribution is 2.27. The van der Waals surface area contributed by atoms with Crippen LogP contribution in [0.4, 0.5) is 11.4 Å². The molecule has 0 heterocycles. The van der Waals surface area contributed by atoms with E-state index in [0.717, 1.165) is 28.1 Å². The monoisotopic (exact) mass is 352 g/mol. The Morgan fingerprint density at radius 1 is 1.04 bits per heavy atom. The third kappa shape index (κ3) is 4.94. The van der Waals surface area contributed by atoms with E-state index in [9.17, 15) is 9.59 Å². The Bertz CT molecular complexity index is 779. The van der Waals surface area contributed by atoms with Crippen molar-refractivity contribution in [1.82, 2.24) is 0 Å². The minimum absolute atomic E-state index is 0.0691. The van der Waals surface area contributed by atoms with E-state index in [0.29, 0.717) is 12.5 Å². The van der Waals surface area contributed by atoms with Gasteiger partial charge in [0.1, 0.15) is 0 Å². The summed E-state index contributed by atoms with van der Waals surface area (Å²) in [4.78, 5) is 26.1. The highest BCUT2D eigenvalue weighted by atomic mass is 16.2. The number of nitrogens with zero attached hydrogens (tertiary/aromatic N) is 1. The van der Waals surface area contributed by atoms with Crippen LogP contribution in [0, 0.1) is 13.8 Å². The van der Waals surface area contributed by atoms with Gasteiger partial charge in [-0.15, -0.1) is 0 Å². The van der Waals surface area contributed by atoms with Crippen LogP contribution in [0.1, 0.15) is 49.8 Å². The molecule has 0 atom stereocenters. The lowest BCUT2D eigenvalue weighted by Gasteiger charge is -2.22. The number of benzene rings is 2. The number of hydrogen-bond acceptors (Lipinski definition) is 2. The summed E-state index contributed by atoms with van der Waals surface area (Å²) >= 11 is 0. The zero-order chi connectivity index (χ0) is 19.3. The first-order valence-corrected chi connectivity index (χ1v) is 9.03. The molecule has 0 unspecified atom stereocenters. The fourth-order valence-corrected chi connectivity index (χ4v) is 2.95. The summed E-state index contributed by atoms with van der Waals surface area (Å²) in [6.07, 6.45) is 0.249. The van der Waals surface area contributed by atoms with Gasteiger partial charge < -0.3 is 10.2 Å². The summed E-state index contributed by atoms with van der Waals surface area (Å²) in [5.41, 5.74) is 5.01. The summed E-state index contributed by atoms with van der Waals surface area (Å²) in [5, 5.41) is 3.04. The van der Waals surface area contributed by atoms with Gasteiger partial charge in [0.15, 0.2) is 0 Å². The van der Waals surface area contributed by atoms with Crippen molar-refractivity contribution < 1.29 is 9.59 Å². The Morgan fingerprint density at radius 3 is 2.27 bits per heavy atom. The van der Waals surface area contributed by atoms with E-state index in [1.54, 1.807) is 4.90 Å². The number of anilines is 2. The molecule has 1 N–H and O–H groups in total. The van der Waals surface area contributed by atoms with Crippen molar-refractivity contribution in [1.29, 1.82) is 0 Å². The number of carbonyl (C=O) groups is 2. The number of hydrogen-bond donors (Lipinski definition) is 1. The molecule has 0 bridgehead atoms. The van der Waals surface area contributed by atoms with Crippen molar-refractivity contribution in [3.63, 3.8) is 0 Å². The van der Waals surface area contributed by atoms with Gasteiger partial charge in [-0.2, -0.15) is 0 Å². The number of aryl methyl sites for hydroxylation is 2. The van der Waals surface area contributed by atoms with Gasteiger partial charge in [-0.1, -0.05) is 49.7 Å². The standard InChI is InChI=1S/C22H28N2O2/c1-15(2)20-8-6-7-17(4)22(20)23-21(26)13-14-24(18(5)25)19-11-9-16(3)10-12-19/h6-12,15H,13-14H2,1-5H3,(H,23,26). The molecule has 0 fully saturated rings. The summed E-state index contributed by atoms with van der Waals surface area (Å²) in [6, 6.07) is 13.8. The molecule has 4 nitrogen and oxygen atoms in total. The average molecular weight is 352 g/mol. The van der Waals surface area contributed by atoms with Crippen LogP contribution in [0.25, 0.3) is 0 Å². The molecule has 2 aromatic carbocycles. The second kappa shape index (κ2) is 8.65. The van der Waals surface area contributed by atoms with Crippen LogP contribution in [-0.4, -0.2) is 18.4 Å². The van der Waals surface area contributed by atoms with Gasteiger partial charge in [-0.05, 0) is 43.0 Å². The van der Waals surface area contributed by atoms with Crippen LogP contribution < -0.4 is 10.2 Å². The fourth-order valence-electron chi connectivity index (χ4n) is 2.95. The first-order valence-electron chi connectivity index (χ1n) is 9.03. The molecule has 138 valence electrons. The molecule has 4 heteroatoms. The van der Waals surface area contributed by atoms with Crippen LogP contribution in [0.15, 0.2) is 42.5 Å². The Kier molecular flexibility index (Phi) is 6.56. The lowest BCUT2D eigenvalue weighted by Crippen LogP contribution is -2.32. The van der Waals surface area contributed by atoms with Crippen molar-refractivity contribution in [2.75, 3.05) is 16.8 Å². The van der Waals surface area contributed by atoms with Gasteiger partial charge in [-0.3, -0.25) is 9.59 Å². The first-order chi connectivity index (χ1) is 12.3. The van der Waals surface area contributed by atoms with Crippen molar-refractivity contribution in [2.45, 2.75) is 47.0 Å². The topological polar surface area (TPSA) is 49.4 Å². The molecule has 0 spiro atoms. The van der Waals surface area contributed by atoms with E-state index in [-0.39, 0.29) is 18.2 Å². The number of para-hydroxylation sites is 1. The quantitative estimate of drug-likeness (QED) is 0.811. The Hall–Kier alpha value is -2.62. The van der Waals surface area contributed by atoms with Gasteiger partial charge in [0.25, 0.3) is 0 Å². The third-order valence-corrected chi connectivity index (χ3v) is 4.48. The summed E-state index contributed by atoms with van der Waals surface area (Å²) in [6.45, 7) is 10.1. The van der Waals surface area contributed by atoms with Gasteiger partial charge >= 0.3 is 0 Å². The molecule has 0 saturated heterocycles. The number of rotatable bonds is 6. The highest BCUT2D eigenvalue weighted by Gasteiger charge is 2.15. The second-order valence-electron chi connectivity index (χ2n) is 7.00. The maximum Gasteiger partial charge on any atom is 0.226 e. The van der Waals surface area contributed by atoms with Gasteiger partial charge in [0.05, 0.1) is 0 Å². The molecule has 0 aromatic heterocycles. The molecule has 2 aromatic rings. The molecule has 0 aliphatic carbocycles. The molecular weight excluding hydrogens is 324 g/mol. The van der Waals surface area contributed by atoms with E-state index < -0.39 is 0 Å². The summed E-state index contributed by atoms with van der Waals surface area (Å²) < 4.78 is 0. The predicted octanol–water partition coefficient (Wildman–Crippen LogP) is 4.81. The minimum atomic E-state index is -0.0837. The van der Waals surface area contributed by atoms with Crippen molar-refractivity contribution in [3.8, 4) is 0 Å². The molecule has 0 aliphatic heterocycles. The van der Waals surface area contributed by atoms with Gasteiger partial charge in [0.2, 0.25) is 11.8 Å². The van der Waals surface area contributed by atoms with Crippen LogP contribution in [0.5, 0.6) is 0 Å². The maximum atomic E-state index is 12.5. The van der Waals surface area contributed by atoms with Crippen LogP contribution in [-0.2, 0) is 9.59 Å². The number of carbonyl (C=O) groups excluding carboxylic acids is 2. The van der Waals surface area contributed by atoms with Crippen LogP contribution in [0.3, 0.4) is 0 Å². The molecule has 2 rings (SSSR count). The first kappa shape index (κ1) is 19.7. The number of amides is 2. The van der Waals surface area contributed by atoms with Crippen molar-refractivity contribution in [2.24, 2.45) is 0 Å². The normalized spacial score (nSPS) is 10.7. The van der Waals surface area contributed by atoms with E-state index in [4.69, 9.17) is 0 Å². The van der Waals surface area contributed by atoms with E-state index in [2.05, 4.69) is 19.2 Å². The third-order valence-electron chi connectivity index (χ3n) is 4.48. The van der Waals surface area contributed by atoms with Gasteiger partial charge in [-0.25, -0.2) is 0 Å². The highest BCUT2D eigenvalue weighted by molar-refractivity contribution is 5.95. The predicted molar refractivity (Wildman–Crippen MR) is 108 cm³/mol. The lowest BCUT2D eigenvalue weighted by atomic mass is 9.98. The maximum absolute atomic E-state index is 12.5. The average Bonchev–Trinajstić information content (AvgIpc) is 2.58. The smallest absolute Gasteiger partial charge is 0.226 e. The fraction of sp³-hybridized carbons (Fsp3) is 0.364. The summed E-state index contributed by atoms with van der Waals surface area (Å²) in [5.74, 6) is 0.173. The van der Waals surface area contributed by atoms with Crippen LogP contribution in [0.2, 0.25) is 0 Å². The Labute approximate surface area is 156 Å². The summed E-state index contributed by atoms with van der Waals surface area (Å²) in [7, 11) is 0. The zero-order valence-corrected chi connectivity index (χ0v) is 16.3. The SMILES string of the molecule is CC(=O)N(CCC(=O)Nc1c(C)cccc1C(C)C)c1ccc(C)cc1. The van der Waals surface area contributed by atoms with E-state index in [1.165, 1.54) is 6.92 Å². The van der Waals surface area contributed by atoms with E-state index in [1.807, 2.05) is 56.3 Å². The molecule has 2 amide bonds.